The van der Waals surface area contributed by atoms with Crippen LogP contribution in [0, 0.1) is 0 Å². The zero-order valence-corrected chi connectivity index (χ0v) is 9.23. The molecule has 0 saturated heterocycles. The number of nitrogens with zero attached hydrogens (tertiary/aromatic N) is 1. The van der Waals surface area contributed by atoms with E-state index in [4.69, 9.17) is 0 Å². The Morgan fingerprint density at radius 3 is 2.75 bits per heavy atom. The first kappa shape index (κ1) is 10.7. The molecule has 1 aromatic carbocycles. The predicted octanol–water partition coefficient (Wildman–Crippen LogP) is 2.64. The summed E-state index contributed by atoms with van der Waals surface area (Å²) in [5.74, 6) is 0.105. The van der Waals surface area contributed by atoms with E-state index in [9.17, 15) is 4.79 Å². The summed E-state index contributed by atoms with van der Waals surface area (Å²) in [7, 11) is 0. The molecule has 0 fully saturated rings. The summed E-state index contributed by atoms with van der Waals surface area (Å²) in [6.07, 6.45) is 4.88. The van der Waals surface area contributed by atoms with Crippen molar-refractivity contribution in [2.75, 3.05) is 13.1 Å². The van der Waals surface area contributed by atoms with Gasteiger partial charge in [-0.05, 0) is 24.1 Å². The van der Waals surface area contributed by atoms with Gasteiger partial charge in [0.25, 0.3) is 5.91 Å². The molecule has 0 unspecified atom stereocenters. The van der Waals surface area contributed by atoms with Crippen molar-refractivity contribution in [1.29, 1.82) is 0 Å². The van der Waals surface area contributed by atoms with Crippen LogP contribution >= 0.6 is 0 Å². The average molecular weight is 213 g/mol. The van der Waals surface area contributed by atoms with Crippen molar-refractivity contribution < 1.29 is 4.79 Å². The quantitative estimate of drug-likeness (QED) is 0.739. The minimum Gasteiger partial charge on any atom is -0.334 e. The van der Waals surface area contributed by atoms with E-state index in [1.54, 1.807) is 0 Å². The maximum absolute atomic E-state index is 12.1. The van der Waals surface area contributed by atoms with Crippen molar-refractivity contribution in [1.82, 2.24) is 4.90 Å². The Hall–Kier alpha value is -1.83. The minimum atomic E-state index is 0.105. The van der Waals surface area contributed by atoms with Crippen LogP contribution in [0.15, 0.2) is 54.6 Å². The monoisotopic (exact) mass is 213 g/mol. The summed E-state index contributed by atoms with van der Waals surface area (Å²) in [6.45, 7) is 5.22. The Morgan fingerprint density at radius 1 is 1.31 bits per heavy atom. The number of hydrogen-bond donors (Lipinski definition) is 0. The molecular weight excluding hydrogens is 198 g/mol. The summed E-state index contributed by atoms with van der Waals surface area (Å²) in [4.78, 5) is 14.0. The highest BCUT2D eigenvalue weighted by Gasteiger charge is 2.17. The van der Waals surface area contributed by atoms with E-state index < -0.39 is 0 Å². The third-order valence-electron chi connectivity index (χ3n) is 2.75. The number of carbonyl (C=O) groups excluding carboxylic acids is 1. The lowest BCUT2D eigenvalue weighted by Crippen LogP contribution is -2.35. The molecular formula is C14H15NO. The SMILES string of the molecule is C=CC1=CCCN(C(=O)c2ccccc2)C1. The number of amides is 1. The number of hydrogen-bond acceptors (Lipinski definition) is 1. The standard InChI is InChI=1S/C14H15NO/c1-2-12-7-6-10-15(11-12)14(16)13-8-4-3-5-9-13/h2-5,7-9H,1,6,10-11H2. The molecule has 1 aliphatic heterocycles. The van der Waals surface area contributed by atoms with Gasteiger partial charge in [-0.3, -0.25) is 4.79 Å². The molecule has 0 aliphatic carbocycles. The second-order valence-corrected chi connectivity index (χ2v) is 3.86. The van der Waals surface area contributed by atoms with E-state index in [0.29, 0.717) is 6.54 Å². The fourth-order valence-electron chi connectivity index (χ4n) is 1.85. The highest BCUT2D eigenvalue weighted by molar-refractivity contribution is 5.94. The van der Waals surface area contributed by atoms with Crippen LogP contribution in [0.3, 0.4) is 0 Å². The van der Waals surface area contributed by atoms with Crippen LogP contribution in [0.25, 0.3) is 0 Å². The number of carbonyl (C=O) groups is 1. The van der Waals surface area contributed by atoms with Gasteiger partial charge in [-0.25, -0.2) is 0 Å². The number of benzene rings is 1. The van der Waals surface area contributed by atoms with Gasteiger partial charge in [0.05, 0.1) is 0 Å². The summed E-state index contributed by atoms with van der Waals surface area (Å²) in [6, 6.07) is 9.41. The molecule has 0 atom stereocenters. The normalized spacial score (nSPS) is 15.5. The summed E-state index contributed by atoms with van der Waals surface area (Å²) < 4.78 is 0. The van der Waals surface area contributed by atoms with Crippen LogP contribution < -0.4 is 0 Å². The Bertz CT molecular complexity index is 420. The summed E-state index contributed by atoms with van der Waals surface area (Å²) >= 11 is 0. The highest BCUT2D eigenvalue weighted by atomic mass is 16.2. The lowest BCUT2D eigenvalue weighted by molar-refractivity contribution is 0.0767. The molecule has 2 nitrogen and oxygen atoms in total. The molecule has 2 rings (SSSR count). The first-order chi connectivity index (χ1) is 7.81. The molecule has 1 aromatic rings. The predicted molar refractivity (Wildman–Crippen MR) is 65.2 cm³/mol. The van der Waals surface area contributed by atoms with Crippen LogP contribution in [0.4, 0.5) is 0 Å². The van der Waals surface area contributed by atoms with Crippen molar-refractivity contribution in [2.45, 2.75) is 6.42 Å². The minimum absolute atomic E-state index is 0.105. The van der Waals surface area contributed by atoms with E-state index in [-0.39, 0.29) is 5.91 Å². The Balaban J connectivity index is 2.12. The zero-order chi connectivity index (χ0) is 11.4. The highest BCUT2D eigenvalue weighted by Crippen LogP contribution is 2.13. The average Bonchev–Trinajstić information content (AvgIpc) is 2.39. The van der Waals surface area contributed by atoms with Gasteiger partial charge >= 0.3 is 0 Å². The largest absolute Gasteiger partial charge is 0.334 e. The summed E-state index contributed by atoms with van der Waals surface area (Å²) in [5, 5.41) is 0. The van der Waals surface area contributed by atoms with E-state index >= 15 is 0 Å². The van der Waals surface area contributed by atoms with Crippen molar-refractivity contribution in [3.05, 3.63) is 60.2 Å². The van der Waals surface area contributed by atoms with Crippen molar-refractivity contribution in [2.24, 2.45) is 0 Å². The molecule has 0 N–H and O–H groups in total. The van der Waals surface area contributed by atoms with Gasteiger partial charge in [0, 0.05) is 18.7 Å². The van der Waals surface area contributed by atoms with Gasteiger partial charge in [-0.2, -0.15) is 0 Å². The molecule has 0 spiro atoms. The topological polar surface area (TPSA) is 20.3 Å². The second kappa shape index (κ2) is 4.79. The molecule has 16 heavy (non-hydrogen) atoms. The lowest BCUT2D eigenvalue weighted by atomic mass is 10.1. The van der Waals surface area contributed by atoms with Gasteiger partial charge in [0.2, 0.25) is 0 Å². The van der Waals surface area contributed by atoms with Crippen LogP contribution in [-0.4, -0.2) is 23.9 Å². The Labute approximate surface area is 95.9 Å². The molecule has 1 amide bonds. The third-order valence-corrected chi connectivity index (χ3v) is 2.75. The van der Waals surface area contributed by atoms with Crippen LogP contribution in [0.5, 0.6) is 0 Å². The van der Waals surface area contributed by atoms with Crippen LogP contribution in [0.2, 0.25) is 0 Å². The van der Waals surface area contributed by atoms with E-state index in [1.807, 2.05) is 41.3 Å². The molecule has 1 aliphatic rings. The van der Waals surface area contributed by atoms with Crippen LogP contribution in [0.1, 0.15) is 16.8 Å². The lowest BCUT2D eigenvalue weighted by Gasteiger charge is -2.26. The maximum Gasteiger partial charge on any atom is 0.254 e. The van der Waals surface area contributed by atoms with E-state index in [1.165, 1.54) is 0 Å². The zero-order valence-electron chi connectivity index (χ0n) is 9.23. The van der Waals surface area contributed by atoms with Gasteiger partial charge in [0.1, 0.15) is 0 Å². The van der Waals surface area contributed by atoms with Gasteiger partial charge in [-0.15, -0.1) is 0 Å². The van der Waals surface area contributed by atoms with Gasteiger partial charge in [-0.1, -0.05) is 36.9 Å². The molecule has 0 aromatic heterocycles. The van der Waals surface area contributed by atoms with Crippen molar-refractivity contribution >= 4 is 5.91 Å². The molecule has 2 heteroatoms. The smallest absolute Gasteiger partial charge is 0.254 e. The summed E-state index contributed by atoms with van der Waals surface area (Å²) in [5.41, 5.74) is 1.89. The molecule has 1 heterocycles. The third kappa shape index (κ3) is 2.22. The maximum atomic E-state index is 12.1. The van der Waals surface area contributed by atoms with Gasteiger partial charge in [0.15, 0.2) is 0 Å². The van der Waals surface area contributed by atoms with Crippen molar-refractivity contribution in [3.63, 3.8) is 0 Å². The molecule has 0 bridgehead atoms. The number of rotatable bonds is 2. The van der Waals surface area contributed by atoms with Crippen LogP contribution in [-0.2, 0) is 0 Å². The first-order valence-corrected chi connectivity index (χ1v) is 5.47. The van der Waals surface area contributed by atoms with E-state index in [0.717, 1.165) is 24.1 Å². The van der Waals surface area contributed by atoms with Crippen molar-refractivity contribution in [3.8, 4) is 0 Å². The fourth-order valence-corrected chi connectivity index (χ4v) is 1.85. The Morgan fingerprint density at radius 2 is 2.06 bits per heavy atom. The molecule has 0 radical (unpaired) electrons. The first-order valence-electron chi connectivity index (χ1n) is 5.47. The second-order valence-electron chi connectivity index (χ2n) is 3.86. The Kier molecular flexibility index (Phi) is 3.20. The molecule has 82 valence electrons. The van der Waals surface area contributed by atoms with E-state index in [2.05, 4.69) is 12.7 Å². The fraction of sp³-hybridized carbons (Fsp3) is 0.214. The molecule has 0 saturated carbocycles. The van der Waals surface area contributed by atoms with Gasteiger partial charge < -0.3 is 4.90 Å².